The molecule has 10 amide bonds. The number of para-hydroxylation sites is 1. The van der Waals surface area contributed by atoms with Crippen molar-refractivity contribution >= 4 is 75.9 Å². The highest BCUT2D eigenvalue weighted by molar-refractivity contribution is 5.99. The summed E-state index contributed by atoms with van der Waals surface area (Å²) in [5, 5.41) is 42.8. The number of aromatic nitrogens is 3. The Labute approximate surface area is 508 Å². The third-order valence-electron chi connectivity index (χ3n) is 14.7. The Hall–Kier alpha value is -9.16. The maximum Gasteiger partial charge on any atom is 0.256 e. The van der Waals surface area contributed by atoms with E-state index in [1.165, 1.54) is 41.7 Å². The molecule has 2 aliphatic rings. The summed E-state index contributed by atoms with van der Waals surface area (Å²) in [6.07, 6.45) is 5.31. The van der Waals surface area contributed by atoms with E-state index in [9.17, 15) is 58.2 Å². The molecule has 4 aromatic rings. The molecule has 6 rings (SSSR count). The second-order valence-electron chi connectivity index (χ2n) is 23.2. The number of hydrogen-bond acceptors (Lipinski definition) is 16. The van der Waals surface area contributed by atoms with Gasteiger partial charge in [-0.25, -0.2) is 10.8 Å². The minimum Gasteiger partial charge on any atom is -0.508 e. The van der Waals surface area contributed by atoms with Crippen LogP contribution in [0.1, 0.15) is 96.4 Å². The number of aliphatic hydroxyl groups excluding tert-OH is 1. The molecule has 0 saturated carbocycles. The molecule has 2 aliphatic heterocycles. The Kier molecular flexibility index (Phi) is 24.7. The largest absolute Gasteiger partial charge is 0.508 e. The van der Waals surface area contributed by atoms with Crippen LogP contribution in [0.3, 0.4) is 0 Å². The number of aromatic amines is 2. The van der Waals surface area contributed by atoms with Gasteiger partial charge in [0, 0.05) is 67.8 Å². The zero-order chi connectivity index (χ0) is 64.2. The molecule has 0 bridgehead atoms. The molecule has 9 atom stereocenters. The molecule has 0 radical (unpaired) electrons. The summed E-state index contributed by atoms with van der Waals surface area (Å²) in [5.41, 5.74) is 14.4. The van der Waals surface area contributed by atoms with E-state index in [2.05, 4.69) is 67.9 Å². The molecule has 478 valence electrons. The number of nitrogens with one attached hydrogen (secondary N) is 11. The SMILES string of the molecule is CC(C)C[C@H](NC(=O)[C@@H](COC(C)(C)C)NC(=O)[C@H](Cc1ccc(O)cc1)NC(=O)[C@H](CO)NC(=O)[C@H](Cc1c[nH]c2ccccc12)NC(=O)[C@H](Cc1cnc[nH]1)NC(=O)[C@@H]1CCC(=O)N1)C(=O)N[C@@H](CCCN=C(N)N)C(=O)N1CCC[C@H]1C(=O)NN. The molecule has 4 heterocycles. The lowest BCUT2D eigenvalue weighted by molar-refractivity contribution is -0.142. The Bertz CT molecular complexity index is 3110. The number of rotatable bonds is 31. The number of aliphatic imine (C=N–C) groups is 1. The maximum absolute atomic E-state index is 14.7. The number of nitrogens with two attached hydrogens (primary N) is 3. The number of hydrazine groups is 1. The van der Waals surface area contributed by atoms with Crippen LogP contribution < -0.4 is 65.3 Å². The van der Waals surface area contributed by atoms with Crippen molar-refractivity contribution in [2.45, 2.75) is 159 Å². The molecule has 2 saturated heterocycles. The summed E-state index contributed by atoms with van der Waals surface area (Å²) in [6.45, 7) is 7.53. The number of H-pyrrole nitrogens is 2. The molecule has 30 heteroatoms. The Morgan fingerprint density at radius 3 is 1.97 bits per heavy atom. The number of imidazole rings is 1. The molecular formula is C58H83N17O13. The molecule has 88 heavy (non-hydrogen) atoms. The van der Waals surface area contributed by atoms with Crippen molar-refractivity contribution in [2.24, 2.45) is 28.2 Å². The summed E-state index contributed by atoms with van der Waals surface area (Å²) in [6, 6.07) is 0.760. The summed E-state index contributed by atoms with van der Waals surface area (Å²) in [7, 11) is 0. The van der Waals surface area contributed by atoms with Gasteiger partial charge in [-0.2, -0.15) is 0 Å². The van der Waals surface area contributed by atoms with Crippen LogP contribution >= 0.6 is 0 Å². The number of guanidine groups is 1. The van der Waals surface area contributed by atoms with Gasteiger partial charge >= 0.3 is 0 Å². The fourth-order valence-corrected chi connectivity index (χ4v) is 10.1. The van der Waals surface area contributed by atoms with E-state index in [0.717, 1.165) is 0 Å². The standard InChI is InChI=1S/C58H83N17O13/c1-31(2)22-40(49(80)67-39(12-8-20-63-57(59)60)56(87)75-21-9-13-46(75)55(86)74-61)68-54(85)45(29-88-58(3,4)5)73-50(81)41(23-32-14-16-35(77)17-15-32)69-53(84)44(28-76)72-51(82)42(24-33-26-64-37-11-7-6-10-36(33)37)70-52(83)43(25-34-27-62-30-65-34)71-48(79)38-18-19-47(78)66-38/h6-7,10-11,14-17,26-27,30-31,38-46,64,76-77H,8-9,12-13,18-25,28-29,61H2,1-5H3,(H,62,65)(H,66,78)(H,67,80)(H,68,85)(H,69,84)(H,70,83)(H,71,79)(H,72,82)(H,73,81)(H,74,86)(H4,59,60,63)/t38-,39-,40-,41-,42-,43-,44-,45+,46-/m0/s1. The van der Waals surface area contributed by atoms with E-state index >= 15 is 0 Å². The minimum absolute atomic E-state index is 0.0328. The smallest absolute Gasteiger partial charge is 0.256 e. The fraction of sp³-hybridized carbons (Fsp3) is 0.517. The predicted octanol–water partition coefficient (Wildman–Crippen LogP) is -2.82. The average molecular weight is 1230 g/mol. The van der Waals surface area contributed by atoms with E-state index in [4.69, 9.17) is 22.0 Å². The number of ether oxygens (including phenoxy) is 1. The van der Waals surface area contributed by atoms with E-state index in [-0.39, 0.29) is 88.0 Å². The highest BCUT2D eigenvalue weighted by atomic mass is 16.5. The fourth-order valence-electron chi connectivity index (χ4n) is 10.1. The number of amides is 10. The lowest BCUT2D eigenvalue weighted by atomic mass is 10.0. The van der Waals surface area contributed by atoms with Crippen molar-refractivity contribution in [1.82, 2.24) is 67.8 Å². The van der Waals surface area contributed by atoms with Crippen molar-refractivity contribution in [2.75, 3.05) is 26.3 Å². The van der Waals surface area contributed by atoms with Gasteiger partial charge in [0.15, 0.2) is 5.96 Å². The van der Waals surface area contributed by atoms with Gasteiger partial charge in [0.2, 0.25) is 53.2 Å². The number of fused-ring (bicyclic) bond motifs is 1. The van der Waals surface area contributed by atoms with Crippen molar-refractivity contribution in [3.05, 3.63) is 84.1 Å². The summed E-state index contributed by atoms with van der Waals surface area (Å²) >= 11 is 0. The van der Waals surface area contributed by atoms with E-state index in [1.54, 1.807) is 65.1 Å². The number of phenols is 1. The highest BCUT2D eigenvalue weighted by Gasteiger charge is 2.40. The zero-order valence-electron chi connectivity index (χ0n) is 50.0. The number of carbonyl (C=O) groups excluding carboxylic acids is 10. The molecule has 0 unspecified atom stereocenters. The molecular weight excluding hydrogens is 1140 g/mol. The van der Waals surface area contributed by atoms with Gasteiger partial charge in [-0.3, -0.25) is 58.4 Å². The lowest BCUT2D eigenvalue weighted by Gasteiger charge is -2.31. The number of aliphatic hydroxyl groups is 1. The number of aromatic hydroxyl groups is 1. The molecule has 30 nitrogen and oxygen atoms in total. The number of nitrogens with zero attached hydrogens (tertiary/aromatic N) is 3. The van der Waals surface area contributed by atoms with Crippen molar-refractivity contribution in [3.8, 4) is 5.75 Å². The number of carbonyl (C=O) groups is 10. The van der Waals surface area contributed by atoms with Crippen LogP contribution in [0.25, 0.3) is 10.9 Å². The molecule has 2 fully saturated rings. The predicted molar refractivity (Wildman–Crippen MR) is 320 cm³/mol. The van der Waals surface area contributed by atoms with E-state index in [1.807, 2.05) is 0 Å². The third-order valence-corrected chi connectivity index (χ3v) is 14.7. The maximum atomic E-state index is 14.7. The third kappa shape index (κ3) is 20.2. The normalized spacial score (nSPS) is 17.2. The average Bonchev–Trinajstić information content (AvgIpc) is 4.38. The second-order valence-corrected chi connectivity index (χ2v) is 23.2. The van der Waals surface area contributed by atoms with Gasteiger partial charge in [-0.1, -0.05) is 44.2 Å². The number of phenolic OH excluding ortho intramolecular Hbond substituents is 1. The van der Waals surface area contributed by atoms with Gasteiger partial charge in [0.1, 0.15) is 60.1 Å². The quantitative estimate of drug-likeness (QED) is 0.00604. The van der Waals surface area contributed by atoms with E-state index in [0.29, 0.717) is 40.6 Å². The van der Waals surface area contributed by atoms with Crippen molar-refractivity contribution < 1.29 is 62.9 Å². The first-order chi connectivity index (χ1) is 41.8. The number of benzene rings is 2. The van der Waals surface area contributed by atoms with Crippen molar-refractivity contribution in [3.63, 3.8) is 0 Å². The first-order valence-corrected chi connectivity index (χ1v) is 29.2. The Morgan fingerprint density at radius 1 is 0.750 bits per heavy atom. The Morgan fingerprint density at radius 2 is 1.35 bits per heavy atom. The molecule has 2 aromatic heterocycles. The lowest BCUT2D eigenvalue weighted by Crippen LogP contribution is -2.62. The first kappa shape index (κ1) is 68.0. The van der Waals surface area contributed by atoms with Gasteiger partial charge in [-0.05, 0) is 94.5 Å². The summed E-state index contributed by atoms with van der Waals surface area (Å²) in [4.78, 5) is 155. The summed E-state index contributed by atoms with van der Waals surface area (Å²) in [5.74, 6) is -2.71. The number of hydrogen-bond donors (Lipinski definition) is 16. The molecule has 19 N–H and O–H groups in total. The Balaban J connectivity index is 1.24. The van der Waals surface area contributed by atoms with Crippen LogP contribution in [-0.2, 0) is 71.9 Å². The van der Waals surface area contributed by atoms with Crippen molar-refractivity contribution in [1.29, 1.82) is 0 Å². The topological polar surface area (TPSA) is 467 Å². The van der Waals surface area contributed by atoms with Crippen LogP contribution in [0.5, 0.6) is 5.75 Å². The van der Waals surface area contributed by atoms with Crippen LogP contribution in [0, 0.1) is 5.92 Å². The minimum atomic E-state index is -1.79. The molecule has 0 aliphatic carbocycles. The number of likely N-dealkylation sites (tertiary alicyclic amines) is 1. The summed E-state index contributed by atoms with van der Waals surface area (Å²) < 4.78 is 6.03. The molecule has 2 aromatic carbocycles. The monoisotopic (exact) mass is 1230 g/mol. The zero-order valence-corrected chi connectivity index (χ0v) is 50.0. The molecule has 0 spiro atoms. The van der Waals surface area contributed by atoms with Gasteiger partial charge in [0.25, 0.3) is 5.91 Å². The van der Waals surface area contributed by atoms with Gasteiger partial charge < -0.3 is 83.8 Å². The van der Waals surface area contributed by atoms with Crippen LogP contribution in [-0.4, -0.2) is 181 Å². The van der Waals surface area contributed by atoms with Crippen LogP contribution in [0.4, 0.5) is 0 Å². The van der Waals surface area contributed by atoms with E-state index < -0.39 is 126 Å². The van der Waals surface area contributed by atoms with Gasteiger partial charge in [-0.15, -0.1) is 0 Å². The van der Waals surface area contributed by atoms with Crippen LogP contribution in [0.2, 0.25) is 0 Å². The highest BCUT2D eigenvalue weighted by Crippen LogP contribution is 2.22. The second kappa shape index (κ2) is 32.0. The first-order valence-electron chi connectivity index (χ1n) is 29.2. The van der Waals surface area contributed by atoms with Gasteiger partial charge in [0.05, 0.1) is 25.1 Å². The van der Waals surface area contributed by atoms with Crippen LogP contribution in [0.15, 0.2) is 72.2 Å².